The molecule has 0 aliphatic carbocycles. The van der Waals surface area contributed by atoms with Crippen molar-refractivity contribution in [1.29, 1.82) is 0 Å². The minimum absolute atomic E-state index is 0.627. The van der Waals surface area contributed by atoms with Crippen molar-refractivity contribution in [3.8, 4) is 0 Å². The molecule has 0 fully saturated rings. The van der Waals surface area contributed by atoms with E-state index in [1.54, 1.807) is 6.08 Å². The smallest absolute Gasteiger partial charge is 0.115 e. The lowest BCUT2D eigenvalue weighted by molar-refractivity contribution is 1.58. The molecule has 0 saturated heterocycles. The van der Waals surface area contributed by atoms with E-state index in [2.05, 4.69) is 11.7 Å². The van der Waals surface area contributed by atoms with Crippen LogP contribution >= 0.6 is 0 Å². The van der Waals surface area contributed by atoms with Crippen LogP contribution in [0.4, 0.5) is 0 Å². The topological polar surface area (TPSA) is 12.4 Å². The maximum atomic E-state index is 5.34. The fraction of sp³-hybridized carbons (Fsp3) is 0.167. The summed E-state index contributed by atoms with van der Waals surface area (Å²) >= 11 is 0. The van der Waals surface area contributed by atoms with Crippen molar-refractivity contribution in [3.63, 3.8) is 0 Å². The average molecular weight is 105 g/mol. The molecule has 0 unspecified atom stereocenters. The monoisotopic (exact) mass is 105 g/mol. The Morgan fingerprint density at radius 3 is 2.75 bits per heavy atom. The van der Waals surface area contributed by atoms with Gasteiger partial charge in [-0.25, -0.2) is 0 Å². The summed E-state index contributed by atoms with van der Waals surface area (Å²) in [5.74, 6) is 0. The summed E-state index contributed by atoms with van der Waals surface area (Å²) in [5, 5.41) is 0. The SMILES string of the molecule is [B]C(/C=C\C)=C/N=C. The van der Waals surface area contributed by atoms with E-state index < -0.39 is 0 Å². The summed E-state index contributed by atoms with van der Waals surface area (Å²) in [6, 6.07) is 0. The molecular weight excluding hydrogens is 96.9 g/mol. The Hall–Kier alpha value is -0.785. The van der Waals surface area contributed by atoms with Gasteiger partial charge in [0.15, 0.2) is 0 Å². The van der Waals surface area contributed by atoms with E-state index >= 15 is 0 Å². The highest BCUT2D eigenvalue weighted by Crippen LogP contribution is 1.87. The first-order valence-corrected chi connectivity index (χ1v) is 2.35. The molecule has 0 aromatic heterocycles. The molecular formula is C6H8BN. The number of aliphatic imine (C=N–C) groups is 1. The van der Waals surface area contributed by atoms with Gasteiger partial charge in [-0.3, -0.25) is 4.99 Å². The molecule has 2 radical (unpaired) electrons. The van der Waals surface area contributed by atoms with E-state index in [-0.39, 0.29) is 0 Å². The zero-order valence-electron chi connectivity index (χ0n) is 4.96. The van der Waals surface area contributed by atoms with Crippen LogP contribution in [0.15, 0.2) is 28.8 Å². The first-order valence-electron chi connectivity index (χ1n) is 2.35. The summed E-state index contributed by atoms with van der Waals surface area (Å²) < 4.78 is 0. The largest absolute Gasteiger partial charge is 0.273 e. The predicted octanol–water partition coefficient (Wildman–Crippen LogP) is 1.27. The van der Waals surface area contributed by atoms with Crippen LogP contribution < -0.4 is 0 Å². The molecule has 0 spiro atoms. The number of nitrogens with zero attached hydrogens (tertiary/aromatic N) is 1. The molecule has 2 heteroatoms. The second-order valence-electron chi connectivity index (χ2n) is 1.31. The van der Waals surface area contributed by atoms with Crippen LogP contribution in [0, 0.1) is 0 Å². The van der Waals surface area contributed by atoms with Gasteiger partial charge in [-0.15, -0.1) is 0 Å². The van der Waals surface area contributed by atoms with Gasteiger partial charge >= 0.3 is 0 Å². The van der Waals surface area contributed by atoms with E-state index in [9.17, 15) is 0 Å². The molecule has 0 aromatic carbocycles. The summed E-state index contributed by atoms with van der Waals surface area (Å²) in [6.07, 6.45) is 5.10. The molecule has 0 aliphatic rings. The first-order chi connectivity index (χ1) is 3.81. The maximum absolute atomic E-state index is 5.34. The highest BCUT2D eigenvalue weighted by atomic mass is 14.6. The van der Waals surface area contributed by atoms with Crippen molar-refractivity contribution < 1.29 is 0 Å². The first kappa shape index (κ1) is 7.21. The molecule has 0 aliphatic heterocycles. The number of allylic oxidation sites excluding steroid dienone is 3. The van der Waals surface area contributed by atoms with Gasteiger partial charge < -0.3 is 0 Å². The van der Waals surface area contributed by atoms with Gasteiger partial charge in [0.25, 0.3) is 0 Å². The van der Waals surface area contributed by atoms with Gasteiger partial charge in [-0.1, -0.05) is 17.6 Å². The lowest BCUT2D eigenvalue weighted by Crippen LogP contribution is -1.70. The van der Waals surface area contributed by atoms with Crippen LogP contribution in [0.5, 0.6) is 0 Å². The van der Waals surface area contributed by atoms with Crippen molar-refractivity contribution in [2.24, 2.45) is 4.99 Å². The molecule has 1 nitrogen and oxygen atoms in total. The molecule has 8 heavy (non-hydrogen) atoms. The van der Waals surface area contributed by atoms with E-state index in [4.69, 9.17) is 7.85 Å². The fourth-order valence-corrected chi connectivity index (χ4v) is 0.341. The van der Waals surface area contributed by atoms with E-state index in [1.165, 1.54) is 6.20 Å². The number of hydrogen-bond acceptors (Lipinski definition) is 1. The Balaban J connectivity index is 3.79. The second-order valence-corrected chi connectivity index (χ2v) is 1.31. The molecule has 40 valence electrons. The van der Waals surface area contributed by atoms with Crippen LogP contribution in [0.2, 0.25) is 0 Å². The van der Waals surface area contributed by atoms with Gasteiger partial charge in [0.2, 0.25) is 0 Å². The Kier molecular flexibility index (Phi) is 3.95. The second kappa shape index (κ2) is 4.38. The highest BCUT2D eigenvalue weighted by molar-refractivity contribution is 6.23. The normalized spacial score (nSPS) is 12.4. The maximum Gasteiger partial charge on any atom is 0.115 e. The Labute approximate surface area is 51.2 Å². The quantitative estimate of drug-likeness (QED) is 0.285. The van der Waals surface area contributed by atoms with E-state index in [1.807, 2.05) is 13.0 Å². The van der Waals surface area contributed by atoms with Crippen molar-refractivity contribution in [1.82, 2.24) is 0 Å². The lowest BCUT2D eigenvalue weighted by atomic mass is 9.97. The highest BCUT2D eigenvalue weighted by Gasteiger charge is 1.72. The molecule has 0 N–H and O–H groups in total. The molecule has 0 saturated carbocycles. The molecule has 0 amide bonds. The third kappa shape index (κ3) is 3.41. The summed E-state index contributed by atoms with van der Waals surface area (Å²) in [6.45, 7) is 5.14. The van der Waals surface area contributed by atoms with Crippen molar-refractivity contribution in [3.05, 3.63) is 23.8 Å². The van der Waals surface area contributed by atoms with Gasteiger partial charge in [0.1, 0.15) is 7.85 Å². The molecule has 0 rings (SSSR count). The van der Waals surface area contributed by atoms with Crippen LogP contribution in [-0.4, -0.2) is 14.6 Å². The minimum atomic E-state index is 0.627. The van der Waals surface area contributed by atoms with Crippen LogP contribution in [0.1, 0.15) is 6.92 Å². The average Bonchev–Trinajstić information content (AvgIpc) is 1.68. The van der Waals surface area contributed by atoms with E-state index in [0.717, 1.165) is 0 Å². The molecule has 0 bridgehead atoms. The zero-order chi connectivity index (χ0) is 6.41. The van der Waals surface area contributed by atoms with E-state index in [0.29, 0.717) is 5.47 Å². The van der Waals surface area contributed by atoms with Crippen molar-refractivity contribution in [2.45, 2.75) is 6.92 Å². The molecule has 0 heterocycles. The van der Waals surface area contributed by atoms with Crippen LogP contribution in [0.3, 0.4) is 0 Å². The van der Waals surface area contributed by atoms with Gasteiger partial charge in [-0.2, -0.15) is 0 Å². The lowest BCUT2D eigenvalue weighted by Gasteiger charge is -1.82. The Bertz CT molecular complexity index is 124. The van der Waals surface area contributed by atoms with Crippen molar-refractivity contribution >= 4 is 14.6 Å². The standard InChI is InChI=1S/C6H8BN/c1-3-4-6(7)5-8-2/h3-5H,2H2,1H3/b4-3-,6-5+. The zero-order valence-corrected chi connectivity index (χ0v) is 4.96. The summed E-state index contributed by atoms with van der Waals surface area (Å²) in [7, 11) is 5.34. The minimum Gasteiger partial charge on any atom is -0.273 e. The third-order valence-corrected chi connectivity index (χ3v) is 0.599. The van der Waals surface area contributed by atoms with Crippen molar-refractivity contribution in [2.75, 3.05) is 0 Å². The summed E-state index contributed by atoms with van der Waals surface area (Å²) in [4.78, 5) is 3.47. The fourth-order valence-electron chi connectivity index (χ4n) is 0.341. The molecule has 0 aromatic rings. The van der Waals surface area contributed by atoms with Gasteiger partial charge in [0, 0.05) is 6.20 Å². The van der Waals surface area contributed by atoms with Crippen LogP contribution in [0.25, 0.3) is 0 Å². The Morgan fingerprint density at radius 1 is 1.75 bits per heavy atom. The third-order valence-electron chi connectivity index (χ3n) is 0.599. The Morgan fingerprint density at radius 2 is 2.38 bits per heavy atom. The summed E-state index contributed by atoms with van der Waals surface area (Å²) in [5.41, 5.74) is 0.627. The molecule has 0 atom stereocenters. The van der Waals surface area contributed by atoms with Crippen LogP contribution in [-0.2, 0) is 0 Å². The number of rotatable bonds is 2. The predicted molar refractivity (Wildman–Crippen MR) is 38.2 cm³/mol. The van der Waals surface area contributed by atoms with Gasteiger partial charge in [0.05, 0.1) is 0 Å². The number of hydrogen-bond donors (Lipinski definition) is 0. The van der Waals surface area contributed by atoms with Gasteiger partial charge in [-0.05, 0) is 13.6 Å².